The van der Waals surface area contributed by atoms with Crippen LogP contribution in [0.25, 0.3) is 0 Å². The van der Waals surface area contributed by atoms with Gasteiger partial charge in [-0.2, -0.15) is 0 Å². The molecule has 0 spiro atoms. The first-order chi connectivity index (χ1) is 9.98. The maximum Gasteiger partial charge on any atom is 0.0360 e. The minimum atomic E-state index is 0.269. The normalized spacial score (nSPS) is 36.3. The molecule has 2 rings (SSSR count). The molecule has 0 bridgehead atoms. The first-order valence-electron chi connectivity index (χ1n) is 8.80. The van der Waals surface area contributed by atoms with Gasteiger partial charge in [-0.25, -0.2) is 0 Å². The van der Waals surface area contributed by atoms with Gasteiger partial charge in [0.25, 0.3) is 0 Å². The Balaban J connectivity index is 1.92. The Kier molecular flexibility index (Phi) is 6.06. The van der Waals surface area contributed by atoms with Gasteiger partial charge in [0.2, 0.25) is 0 Å². The van der Waals surface area contributed by atoms with Crippen LogP contribution in [0.1, 0.15) is 33.1 Å². The van der Waals surface area contributed by atoms with E-state index in [2.05, 4.69) is 42.6 Å². The summed E-state index contributed by atoms with van der Waals surface area (Å²) in [6.45, 7) is 12.8. The molecule has 2 aliphatic rings. The lowest BCUT2D eigenvalue weighted by Crippen LogP contribution is -2.64. The molecular weight excluding hydrogens is 260 g/mol. The van der Waals surface area contributed by atoms with Crippen LogP contribution in [0, 0.1) is 11.8 Å². The van der Waals surface area contributed by atoms with Crippen LogP contribution in [0.4, 0.5) is 0 Å². The van der Waals surface area contributed by atoms with E-state index in [0.29, 0.717) is 0 Å². The molecule has 4 nitrogen and oxygen atoms in total. The Labute approximate surface area is 131 Å². The summed E-state index contributed by atoms with van der Waals surface area (Å²) in [5.74, 6) is 1.57. The van der Waals surface area contributed by atoms with E-state index in [4.69, 9.17) is 5.73 Å². The number of likely N-dealkylation sites (N-methyl/N-ethyl adjacent to an activating group) is 1. The molecule has 4 heteroatoms. The third-order valence-electron chi connectivity index (χ3n) is 5.93. The molecule has 0 radical (unpaired) electrons. The number of nitrogens with two attached hydrogens (primary N) is 1. The molecule has 3 atom stereocenters. The molecule has 2 N–H and O–H groups in total. The molecule has 0 aromatic heterocycles. The van der Waals surface area contributed by atoms with Crippen molar-refractivity contribution >= 4 is 0 Å². The number of piperazine rings is 1. The van der Waals surface area contributed by atoms with Crippen LogP contribution in [0.2, 0.25) is 0 Å². The first-order valence-corrected chi connectivity index (χ1v) is 8.80. The highest BCUT2D eigenvalue weighted by Gasteiger charge is 2.44. The highest BCUT2D eigenvalue weighted by molar-refractivity contribution is 5.01. The van der Waals surface area contributed by atoms with Crippen molar-refractivity contribution in [2.45, 2.75) is 38.6 Å². The fourth-order valence-electron chi connectivity index (χ4n) is 4.32. The first kappa shape index (κ1) is 17.2. The molecule has 0 amide bonds. The van der Waals surface area contributed by atoms with E-state index in [0.717, 1.165) is 24.9 Å². The average Bonchev–Trinajstić information content (AvgIpc) is 2.48. The quantitative estimate of drug-likeness (QED) is 0.830. The van der Waals surface area contributed by atoms with Crippen LogP contribution in [-0.4, -0.2) is 80.1 Å². The highest BCUT2D eigenvalue weighted by Crippen LogP contribution is 2.40. The molecule has 1 aliphatic heterocycles. The SMILES string of the molecule is CC1CCC(C)C(CN)(N2CCN(CCN(C)C)CC2)C1. The lowest BCUT2D eigenvalue weighted by Gasteiger charge is -2.54. The van der Waals surface area contributed by atoms with Crippen molar-refractivity contribution in [3.63, 3.8) is 0 Å². The maximum atomic E-state index is 6.29. The standard InChI is InChI=1S/C17H36N4/c1-15-5-6-16(2)17(13-15,14-18)21-11-9-20(10-12-21)8-7-19(3)4/h15-16H,5-14,18H2,1-4H3. The predicted molar refractivity (Wildman–Crippen MR) is 90.5 cm³/mol. The topological polar surface area (TPSA) is 35.7 Å². The molecule has 1 saturated carbocycles. The Hall–Kier alpha value is -0.160. The molecule has 3 unspecified atom stereocenters. The summed E-state index contributed by atoms with van der Waals surface area (Å²) in [6, 6.07) is 0. The zero-order valence-electron chi connectivity index (χ0n) is 14.6. The fraction of sp³-hybridized carbons (Fsp3) is 1.00. The van der Waals surface area contributed by atoms with E-state index in [1.807, 2.05) is 0 Å². The second-order valence-electron chi connectivity index (χ2n) is 7.73. The molecule has 2 fully saturated rings. The molecular formula is C17H36N4. The van der Waals surface area contributed by atoms with Gasteiger partial charge in [0, 0.05) is 51.4 Å². The molecule has 1 saturated heterocycles. The van der Waals surface area contributed by atoms with E-state index in [1.54, 1.807) is 0 Å². The lowest BCUT2D eigenvalue weighted by atomic mass is 9.68. The maximum absolute atomic E-state index is 6.29. The van der Waals surface area contributed by atoms with E-state index >= 15 is 0 Å². The third-order valence-corrected chi connectivity index (χ3v) is 5.93. The van der Waals surface area contributed by atoms with Crippen molar-refractivity contribution < 1.29 is 0 Å². The summed E-state index contributed by atoms with van der Waals surface area (Å²) in [7, 11) is 4.32. The molecule has 21 heavy (non-hydrogen) atoms. The Morgan fingerprint density at radius 1 is 1.10 bits per heavy atom. The smallest absolute Gasteiger partial charge is 0.0360 e. The molecule has 0 aromatic rings. The van der Waals surface area contributed by atoms with Gasteiger partial charge in [0.05, 0.1) is 0 Å². The van der Waals surface area contributed by atoms with Crippen molar-refractivity contribution in [3.8, 4) is 0 Å². The minimum absolute atomic E-state index is 0.269. The summed E-state index contributed by atoms with van der Waals surface area (Å²) in [5, 5.41) is 0. The van der Waals surface area contributed by atoms with Crippen LogP contribution >= 0.6 is 0 Å². The van der Waals surface area contributed by atoms with Gasteiger partial charge in [-0.05, 0) is 38.8 Å². The number of hydrogen-bond acceptors (Lipinski definition) is 4. The van der Waals surface area contributed by atoms with Gasteiger partial charge in [-0.1, -0.05) is 20.3 Å². The van der Waals surface area contributed by atoms with Gasteiger partial charge >= 0.3 is 0 Å². The zero-order valence-corrected chi connectivity index (χ0v) is 14.6. The van der Waals surface area contributed by atoms with Crippen molar-refractivity contribution in [2.24, 2.45) is 17.6 Å². The van der Waals surface area contributed by atoms with E-state index in [-0.39, 0.29) is 5.54 Å². The van der Waals surface area contributed by atoms with Crippen LogP contribution in [0.15, 0.2) is 0 Å². The molecule has 1 heterocycles. The number of nitrogens with zero attached hydrogens (tertiary/aromatic N) is 3. The van der Waals surface area contributed by atoms with Crippen molar-refractivity contribution in [1.82, 2.24) is 14.7 Å². The molecule has 0 aromatic carbocycles. The zero-order chi connectivity index (χ0) is 15.5. The Morgan fingerprint density at radius 3 is 2.33 bits per heavy atom. The number of hydrogen-bond donors (Lipinski definition) is 1. The average molecular weight is 297 g/mol. The summed E-state index contributed by atoms with van der Waals surface area (Å²) in [6.07, 6.45) is 4.02. The summed E-state index contributed by atoms with van der Waals surface area (Å²) in [5.41, 5.74) is 6.56. The second-order valence-corrected chi connectivity index (χ2v) is 7.73. The van der Waals surface area contributed by atoms with Crippen molar-refractivity contribution in [3.05, 3.63) is 0 Å². The highest BCUT2D eigenvalue weighted by atomic mass is 15.3. The predicted octanol–water partition coefficient (Wildman–Crippen LogP) is 1.32. The number of rotatable bonds is 5. The molecule has 124 valence electrons. The van der Waals surface area contributed by atoms with E-state index in [9.17, 15) is 0 Å². The van der Waals surface area contributed by atoms with E-state index < -0.39 is 0 Å². The fourth-order valence-corrected chi connectivity index (χ4v) is 4.32. The van der Waals surface area contributed by atoms with Crippen LogP contribution in [0.5, 0.6) is 0 Å². The summed E-state index contributed by atoms with van der Waals surface area (Å²) < 4.78 is 0. The Morgan fingerprint density at radius 2 is 1.76 bits per heavy atom. The van der Waals surface area contributed by atoms with E-state index in [1.165, 1.54) is 52.0 Å². The van der Waals surface area contributed by atoms with Gasteiger partial charge in [0.15, 0.2) is 0 Å². The summed E-state index contributed by atoms with van der Waals surface area (Å²) >= 11 is 0. The summed E-state index contributed by atoms with van der Waals surface area (Å²) in [4.78, 5) is 7.62. The van der Waals surface area contributed by atoms with Crippen molar-refractivity contribution in [1.29, 1.82) is 0 Å². The van der Waals surface area contributed by atoms with Gasteiger partial charge in [-0.15, -0.1) is 0 Å². The van der Waals surface area contributed by atoms with Gasteiger partial charge in [0.1, 0.15) is 0 Å². The van der Waals surface area contributed by atoms with Crippen LogP contribution in [0.3, 0.4) is 0 Å². The monoisotopic (exact) mass is 296 g/mol. The minimum Gasteiger partial charge on any atom is -0.329 e. The van der Waals surface area contributed by atoms with Crippen LogP contribution in [-0.2, 0) is 0 Å². The second kappa shape index (κ2) is 7.40. The van der Waals surface area contributed by atoms with Crippen molar-refractivity contribution in [2.75, 3.05) is 59.9 Å². The Bertz CT molecular complexity index is 312. The molecule has 1 aliphatic carbocycles. The third kappa shape index (κ3) is 3.98. The van der Waals surface area contributed by atoms with Crippen LogP contribution < -0.4 is 5.73 Å². The largest absolute Gasteiger partial charge is 0.329 e. The van der Waals surface area contributed by atoms with Gasteiger partial charge in [-0.3, -0.25) is 9.80 Å². The lowest BCUT2D eigenvalue weighted by molar-refractivity contribution is -0.0322. The van der Waals surface area contributed by atoms with Gasteiger partial charge < -0.3 is 10.6 Å².